The van der Waals surface area contributed by atoms with E-state index in [9.17, 15) is 57.5 Å². The molecule has 712 valence electrons. The van der Waals surface area contributed by atoms with E-state index in [0.29, 0.717) is 25.7 Å². The molecule has 4 fully saturated rings. The van der Waals surface area contributed by atoms with Gasteiger partial charge in [-0.1, -0.05) is 125 Å². The van der Waals surface area contributed by atoms with Crippen LogP contribution in [0.4, 0.5) is 22.7 Å². The third kappa shape index (κ3) is 26.5. The maximum Gasteiger partial charge on any atom is 0.394 e. The van der Waals surface area contributed by atoms with Crippen LogP contribution in [0.25, 0.3) is 41.8 Å². The highest BCUT2D eigenvalue weighted by molar-refractivity contribution is 7.14. The lowest BCUT2D eigenvalue weighted by molar-refractivity contribution is -0.147. The molecule has 0 radical (unpaired) electrons. The molecule has 16 rings (SSSR count). The number of pyridine rings is 4. The highest BCUT2D eigenvalue weighted by atomic mass is 32.1. The Bertz CT molecular complexity index is 5810. The first-order valence-electron chi connectivity index (χ1n) is 43.3. The molecule has 0 saturated carbocycles. The molecule has 12 heterocycles. The van der Waals surface area contributed by atoms with Gasteiger partial charge < -0.3 is 88.3 Å². The van der Waals surface area contributed by atoms with Crippen molar-refractivity contribution >= 4 is 139 Å². The quantitative estimate of drug-likeness (QED) is 0.0317. The third-order valence-electron chi connectivity index (χ3n) is 23.0. The summed E-state index contributed by atoms with van der Waals surface area (Å²) >= 11 is 6.38. The van der Waals surface area contributed by atoms with E-state index in [-0.39, 0.29) is 104 Å². The van der Waals surface area contributed by atoms with E-state index in [0.717, 1.165) is 105 Å². The summed E-state index contributed by atoms with van der Waals surface area (Å²) in [6, 6.07) is 38.1. The molecule has 41 heteroatoms. The van der Waals surface area contributed by atoms with Crippen molar-refractivity contribution in [3.05, 3.63) is 237 Å². The third-order valence-corrected chi connectivity index (χ3v) is 26.3. The van der Waals surface area contributed by atoms with E-state index in [1.807, 2.05) is 108 Å². The number of piperidine rings is 4. The topological polar surface area (TPSA) is 539 Å². The molecular weight excluding hydrogens is 1830 g/mol. The van der Waals surface area contributed by atoms with Crippen molar-refractivity contribution in [2.45, 2.75) is 103 Å². The standard InChI is InChI=1S/3C24H25N5O4S.C15H18N2S.C9H9N3O5/c3*1-14-3-8-19(15-4-6-16(7-5-15)20-11-26-13-34-20)29(12-14)24(32)22(31)28-17-9-18(21(25)30)23(33-2)27-10-17;1-11-2-7-14(17-8-11)12-3-5-13(6-4-12)15-9-16-10-18-15;1-17-8-5(6(10)13)2-4(3-11-8)12-7(14)9(15)16/h3*4-7,9-11,13-14,19H,3,8,12H2,1-2H3,(H2,25,30)(H,28,31);3-6,9-11,14,17H,2,7-8H2,1H3;2-3H,1H3,(H2,10,13)(H,12,14)(H,15,16)/t2*14-,19+;;;/m10.../s1. The van der Waals surface area contributed by atoms with E-state index in [4.69, 9.17) is 47.0 Å². The van der Waals surface area contributed by atoms with Crippen molar-refractivity contribution in [1.29, 1.82) is 0 Å². The number of carbonyl (C=O) groups is 12. The Balaban J connectivity index is 0.000000158. The number of likely N-dealkylation sites (tertiary alicyclic amines) is 3. The molecule has 8 atom stereocenters. The molecule has 12 aromatic rings. The molecule has 14 N–H and O–H groups in total. The van der Waals surface area contributed by atoms with Crippen molar-refractivity contribution < 1.29 is 81.6 Å². The number of nitrogens with zero attached hydrogens (tertiary/aromatic N) is 11. The Morgan fingerprint density at radius 2 is 0.591 bits per heavy atom. The molecule has 11 amide bonds. The summed E-state index contributed by atoms with van der Waals surface area (Å²) in [5, 5.41) is 21.6. The lowest BCUT2D eigenvalue weighted by Crippen LogP contribution is -2.46. The maximum absolute atomic E-state index is 13.2. The first-order valence-corrected chi connectivity index (χ1v) is 46.9. The average molecular weight is 1940 g/mol. The zero-order chi connectivity index (χ0) is 98.1. The zero-order valence-electron chi connectivity index (χ0n) is 75.9. The minimum Gasteiger partial charge on any atom is -0.480 e. The molecule has 8 aromatic heterocycles. The van der Waals surface area contributed by atoms with Crippen molar-refractivity contribution in [3.8, 4) is 65.3 Å². The van der Waals surface area contributed by atoms with E-state index in [2.05, 4.69) is 113 Å². The van der Waals surface area contributed by atoms with Crippen molar-refractivity contribution in [2.75, 3.05) is 75.9 Å². The normalized spacial score (nSPS) is 17.6. The fourth-order valence-electron chi connectivity index (χ4n) is 15.9. The van der Waals surface area contributed by atoms with Gasteiger partial charge in [0, 0.05) is 50.5 Å². The number of nitrogens with two attached hydrogens (primary N) is 4. The second-order valence-corrected chi connectivity index (χ2v) is 36.3. The molecule has 4 aromatic carbocycles. The summed E-state index contributed by atoms with van der Waals surface area (Å²) in [6.45, 7) is 11.1. The number of primary amides is 4. The Hall–Kier alpha value is -15.2. The van der Waals surface area contributed by atoms with Gasteiger partial charge in [0.15, 0.2) is 0 Å². The first-order chi connectivity index (χ1) is 65.9. The summed E-state index contributed by atoms with van der Waals surface area (Å²) in [6.07, 6.45) is 20.2. The van der Waals surface area contributed by atoms with Gasteiger partial charge in [-0.3, -0.25) is 72.7 Å². The number of nitrogens with one attached hydrogen (secondary N) is 5. The van der Waals surface area contributed by atoms with Gasteiger partial charge in [-0.15, -0.1) is 45.3 Å². The van der Waals surface area contributed by atoms with E-state index in [1.54, 1.807) is 76.6 Å². The smallest absolute Gasteiger partial charge is 0.394 e. The Kier molecular flexibility index (Phi) is 35.0. The molecule has 0 aliphatic carbocycles. The van der Waals surface area contributed by atoms with Crippen LogP contribution < -0.4 is 68.5 Å². The van der Waals surface area contributed by atoms with Crippen LogP contribution in [0.1, 0.15) is 167 Å². The van der Waals surface area contributed by atoms with Gasteiger partial charge in [-0.2, -0.15) is 0 Å². The molecule has 4 aliphatic rings. The van der Waals surface area contributed by atoms with Crippen LogP contribution in [0.3, 0.4) is 0 Å². The minimum absolute atomic E-state index is 0.00850. The van der Waals surface area contributed by atoms with Crippen LogP contribution in [0, 0.1) is 23.7 Å². The first kappa shape index (κ1) is 101. The van der Waals surface area contributed by atoms with Gasteiger partial charge in [0.2, 0.25) is 23.5 Å². The average Bonchev–Trinajstić information content (AvgIpc) is 1.48. The summed E-state index contributed by atoms with van der Waals surface area (Å²) in [5.74, 6) is -8.52. The van der Waals surface area contributed by atoms with Crippen LogP contribution in [0.5, 0.6) is 23.5 Å². The molecule has 37 nitrogen and oxygen atoms in total. The lowest BCUT2D eigenvalue weighted by atomic mass is 9.89. The number of hydrogen-bond donors (Lipinski definition) is 10. The second kappa shape index (κ2) is 47.6. The fourth-order valence-corrected chi connectivity index (χ4v) is 18.5. The van der Waals surface area contributed by atoms with Gasteiger partial charge in [0.1, 0.15) is 22.3 Å². The number of thiazole rings is 4. The minimum atomic E-state index is -1.65. The summed E-state index contributed by atoms with van der Waals surface area (Å²) < 4.78 is 19.8. The molecule has 0 spiro atoms. The number of ether oxygens (including phenoxy) is 4. The molecule has 4 aliphatic heterocycles. The van der Waals surface area contributed by atoms with E-state index in [1.165, 1.54) is 100 Å². The molecule has 0 bridgehead atoms. The molecule has 4 unspecified atom stereocenters. The number of carboxylic acids is 1. The summed E-state index contributed by atoms with van der Waals surface area (Å²) in [4.78, 5) is 187. The zero-order valence-corrected chi connectivity index (χ0v) is 79.2. The maximum atomic E-state index is 13.2. The predicted molar refractivity (Wildman–Crippen MR) is 517 cm³/mol. The van der Waals surface area contributed by atoms with Crippen LogP contribution in [-0.4, -0.2) is 185 Å². The number of aliphatic carboxylic acids is 1. The number of carbonyl (C=O) groups excluding carboxylic acids is 11. The van der Waals surface area contributed by atoms with Crippen LogP contribution in [0.2, 0.25) is 0 Å². The number of anilines is 4. The number of carboxylic acid groups (broad SMARTS) is 1. The number of aromatic nitrogens is 8. The number of rotatable bonds is 20. The Labute approximate surface area is 804 Å². The van der Waals surface area contributed by atoms with Gasteiger partial charge >= 0.3 is 47.3 Å². The van der Waals surface area contributed by atoms with Gasteiger partial charge in [-0.05, 0) is 150 Å². The molecule has 4 saturated heterocycles. The summed E-state index contributed by atoms with van der Waals surface area (Å²) in [5.41, 5.74) is 37.7. The van der Waals surface area contributed by atoms with Gasteiger partial charge in [0.05, 0.1) is 136 Å². The Morgan fingerprint density at radius 1 is 0.343 bits per heavy atom. The Morgan fingerprint density at radius 3 is 0.810 bits per heavy atom. The van der Waals surface area contributed by atoms with Crippen molar-refractivity contribution in [1.82, 2.24) is 59.9 Å². The fraction of sp³-hybridized carbons (Fsp3) is 0.292. The van der Waals surface area contributed by atoms with Gasteiger partial charge in [-0.25, -0.2) is 24.7 Å². The monoisotopic (exact) mass is 1930 g/mol. The lowest BCUT2D eigenvalue weighted by Gasteiger charge is -2.38. The summed E-state index contributed by atoms with van der Waals surface area (Å²) in [7, 11) is 5.37. The van der Waals surface area contributed by atoms with E-state index >= 15 is 0 Å². The number of methoxy groups -OCH3 is 4. The number of amides is 11. The van der Waals surface area contributed by atoms with Crippen LogP contribution in [-0.2, 0) is 38.4 Å². The highest BCUT2D eigenvalue weighted by Crippen LogP contribution is 2.40. The van der Waals surface area contributed by atoms with E-state index < -0.39 is 70.9 Å². The van der Waals surface area contributed by atoms with Crippen molar-refractivity contribution in [2.24, 2.45) is 46.6 Å². The van der Waals surface area contributed by atoms with Crippen LogP contribution >= 0.6 is 45.3 Å². The SMILES string of the molecule is CC1CCC(c2ccc(-c3cncs3)cc2)NC1.COc1ncc(NC(=O)C(=O)N2CC(C)CCC2c2ccc(-c3cncs3)cc2)cc1C(N)=O.COc1ncc(NC(=O)C(=O)N2C[C@@H](C)CC[C@@H]2c2ccc(-c3cncs3)cc2)cc1C(N)=O.COc1ncc(NC(=O)C(=O)N2C[C@H](C)CC[C@H]2c2ccc(-c3cncs3)cc2)cc1C(N)=O.COc1ncc(NC(=O)C(=O)O)cc1C(N)=O. The van der Waals surface area contributed by atoms with Crippen LogP contribution in [0.15, 0.2) is 193 Å². The van der Waals surface area contributed by atoms with Crippen molar-refractivity contribution in [3.63, 3.8) is 0 Å². The number of hydrogen-bond acceptors (Lipinski definition) is 29. The predicted octanol–water partition coefficient (Wildman–Crippen LogP) is 12.8. The van der Waals surface area contributed by atoms with Gasteiger partial charge in [0.25, 0.3) is 23.6 Å². The molecule has 137 heavy (non-hydrogen) atoms. The largest absolute Gasteiger partial charge is 0.480 e. The molecular formula is C96H102N20O17S4. The highest BCUT2D eigenvalue weighted by Gasteiger charge is 2.39. The second-order valence-electron chi connectivity index (χ2n) is 32.8. The number of benzene rings is 4.